The predicted molar refractivity (Wildman–Crippen MR) is 42.0 cm³/mol. The van der Waals surface area contributed by atoms with Gasteiger partial charge in [0.2, 0.25) is 0 Å². The standard InChI is InChI=1S/C7H10O2S/c1-9-4-6-5-10-3-2-7(6)8/h2-3,6H,4-5H2,1H3. The zero-order chi connectivity index (χ0) is 7.40. The maximum atomic E-state index is 11.0. The third-order valence-electron chi connectivity index (χ3n) is 1.40. The summed E-state index contributed by atoms with van der Waals surface area (Å²) >= 11 is 1.67. The minimum Gasteiger partial charge on any atom is -0.384 e. The Hall–Kier alpha value is -0.280. The smallest absolute Gasteiger partial charge is 0.162 e. The van der Waals surface area contributed by atoms with Gasteiger partial charge in [-0.25, -0.2) is 0 Å². The number of allylic oxidation sites excluding steroid dienone is 1. The average Bonchev–Trinajstić information content (AvgIpc) is 1.94. The van der Waals surface area contributed by atoms with E-state index >= 15 is 0 Å². The van der Waals surface area contributed by atoms with Gasteiger partial charge in [-0.15, -0.1) is 11.8 Å². The van der Waals surface area contributed by atoms with Crippen LogP contribution in [0.5, 0.6) is 0 Å². The van der Waals surface area contributed by atoms with Crippen molar-refractivity contribution in [1.29, 1.82) is 0 Å². The first-order chi connectivity index (χ1) is 4.84. The third-order valence-corrected chi connectivity index (χ3v) is 2.32. The molecule has 1 unspecified atom stereocenters. The first-order valence-electron chi connectivity index (χ1n) is 3.15. The summed E-state index contributed by atoms with van der Waals surface area (Å²) < 4.78 is 4.88. The highest BCUT2D eigenvalue weighted by molar-refractivity contribution is 8.02. The van der Waals surface area contributed by atoms with Crippen LogP contribution in [0.1, 0.15) is 0 Å². The molecule has 1 rings (SSSR count). The fraction of sp³-hybridized carbons (Fsp3) is 0.571. The fourth-order valence-electron chi connectivity index (χ4n) is 0.837. The lowest BCUT2D eigenvalue weighted by atomic mass is 10.1. The van der Waals surface area contributed by atoms with Crippen molar-refractivity contribution < 1.29 is 9.53 Å². The Balaban J connectivity index is 2.44. The second kappa shape index (κ2) is 3.78. The molecule has 1 aliphatic rings. The van der Waals surface area contributed by atoms with E-state index in [-0.39, 0.29) is 11.7 Å². The van der Waals surface area contributed by atoms with Gasteiger partial charge in [0.25, 0.3) is 0 Å². The van der Waals surface area contributed by atoms with Crippen LogP contribution in [0.25, 0.3) is 0 Å². The molecule has 0 aromatic carbocycles. The van der Waals surface area contributed by atoms with E-state index < -0.39 is 0 Å². The molecule has 3 heteroatoms. The molecule has 0 saturated heterocycles. The molecule has 1 heterocycles. The van der Waals surface area contributed by atoms with E-state index in [0.29, 0.717) is 6.61 Å². The molecular weight excluding hydrogens is 148 g/mol. The molecule has 0 fully saturated rings. The lowest BCUT2D eigenvalue weighted by Gasteiger charge is -2.13. The van der Waals surface area contributed by atoms with E-state index in [0.717, 1.165) is 5.75 Å². The van der Waals surface area contributed by atoms with Gasteiger partial charge in [0.15, 0.2) is 5.78 Å². The van der Waals surface area contributed by atoms with Crippen molar-refractivity contribution in [3.05, 3.63) is 11.5 Å². The lowest BCUT2D eigenvalue weighted by Crippen LogP contribution is -2.21. The summed E-state index contributed by atoms with van der Waals surface area (Å²) in [5.74, 6) is 1.14. The van der Waals surface area contributed by atoms with Crippen molar-refractivity contribution in [1.82, 2.24) is 0 Å². The number of ether oxygens (including phenoxy) is 1. The van der Waals surface area contributed by atoms with E-state index in [1.165, 1.54) is 0 Å². The van der Waals surface area contributed by atoms with Gasteiger partial charge in [0, 0.05) is 12.9 Å². The maximum Gasteiger partial charge on any atom is 0.162 e. The lowest BCUT2D eigenvalue weighted by molar-refractivity contribution is -0.119. The highest BCUT2D eigenvalue weighted by atomic mass is 32.2. The number of carbonyl (C=O) groups excluding carboxylic acids is 1. The quantitative estimate of drug-likeness (QED) is 0.601. The average molecular weight is 158 g/mol. The molecule has 0 spiro atoms. The Kier molecular flexibility index (Phi) is 2.96. The van der Waals surface area contributed by atoms with Crippen LogP contribution in [0.15, 0.2) is 11.5 Å². The largest absolute Gasteiger partial charge is 0.384 e. The first kappa shape index (κ1) is 7.82. The van der Waals surface area contributed by atoms with Crippen LogP contribution >= 0.6 is 11.8 Å². The number of hydrogen-bond donors (Lipinski definition) is 0. The highest BCUT2D eigenvalue weighted by Gasteiger charge is 2.17. The van der Waals surface area contributed by atoms with Gasteiger partial charge in [0.1, 0.15) is 0 Å². The number of thioether (sulfide) groups is 1. The fourth-order valence-corrected chi connectivity index (χ4v) is 1.67. The maximum absolute atomic E-state index is 11.0. The van der Waals surface area contributed by atoms with Crippen molar-refractivity contribution >= 4 is 17.5 Å². The number of ketones is 1. The summed E-state index contributed by atoms with van der Waals surface area (Å²) in [6.07, 6.45) is 1.62. The van der Waals surface area contributed by atoms with Crippen LogP contribution in [0.2, 0.25) is 0 Å². The summed E-state index contributed by atoms with van der Waals surface area (Å²) in [5.41, 5.74) is 0. The second-order valence-electron chi connectivity index (χ2n) is 2.19. The minimum atomic E-state index is 0.0833. The number of rotatable bonds is 2. The van der Waals surface area contributed by atoms with E-state index in [9.17, 15) is 4.79 Å². The molecule has 0 bridgehead atoms. The number of hydrogen-bond acceptors (Lipinski definition) is 3. The van der Waals surface area contributed by atoms with E-state index in [2.05, 4.69) is 0 Å². The van der Waals surface area contributed by atoms with Crippen molar-refractivity contribution in [3.63, 3.8) is 0 Å². The van der Waals surface area contributed by atoms with E-state index in [1.54, 1.807) is 24.9 Å². The topological polar surface area (TPSA) is 26.3 Å². The molecule has 56 valence electrons. The molecule has 1 aliphatic heterocycles. The van der Waals surface area contributed by atoms with Crippen molar-refractivity contribution in [2.45, 2.75) is 0 Å². The van der Waals surface area contributed by atoms with Crippen LogP contribution in [0.4, 0.5) is 0 Å². The van der Waals surface area contributed by atoms with E-state index in [1.807, 2.05) is 5.41 Å². The van der Waals surface area contributed by atoms with Gasteiger partial charge in [-0.05, 0) is 11.5 Å². The second-order valence-corrected chi connectivity index (χ2v) is 3.13. The van der Waals surface area contributed by atoms with Gasteiger partial charge in [-0.2, -0.15) is 0 Å². The molecule has 0 aliphatic carbocycles. The normalized spacial score (nSPS) is 25.3. The molecule has 0 saturated carbocycles. The molecule has 0 aromatic heterocycles. The van der Waals surface area contributed by atoms with Crippen LogP contribution in [0, 0.1) is 5.92 Å². The Labute approximate surface area is 64.6 Å². The van der Waals surface area contributed by atoms with Crippen molar-refractivity contribution in [3.8, 4) is 0 Å². The third kappa shape index (κ3) is 1.85. The Morgan fingerprint density at radius 2 is 2.70 bits per heavy atom. The number of methoxy groups -OCH3 is 1. The van der Waals surface area contributed by atoms with Crippen LogP contribution in [0.3, 0.4) is 0 Å². The molecule has 0 N–H and O–H groups in total. The molecule has 0 aromatic rings. The zero-order valence-electron chi connectivity index (χ0n) is 5.87. The molecule has 1 atom stereocenters. The van der Waals surface area contributed by atoms with Crippen molar-refractivity contribution in [2.24, 2.45) is 5.92 Å². The Morgan fingerprint density at radius 3 is 3.30 bits per heavy atom. The first-order valence-corrected chi connectivity index (χ1v) is 4.20. The number of carbonyl (C=O) groups is 1. The monoisotopic (exact) mass is 158 g/mol. The molecule has 2 nitrogen and oxygen atoms in total. The summed E-state index contributed by atoms with van der Waals surface area (Å²) in [4.78, 5) is 11.0. The molecular formula is C7H10O2S. The van der Waals surface area contributed by atoms with Gasteiger partial charge in [-0.1, -0.05) is 0 Å². The van der Waals surface area contributed by atoms with Gasteiger partial charge >= 0.3 is 0 Å². The van der Waals surface area contributed by atoms with E-state index in [4.69, 9.17) is 4.74 Å². The molecule has 0 amide bonds. The van der Waals surface area contributed by atoms with Crippen LogP contribution in [-0.4, -0.2) is 25.3 Å². The van der Waals surface area contributed by atoms with Gasteiger partial charge in [0.05, 0.1) is 12.5 Å². The van der Waals surface area contributed by atoms with Crippen molar-refractivity contribution in [2.75, 3.05) is 19.5 Å². The molecule has 0 radical (unpaired) electrons. The Bertz CT molecular complexity index is 154. The molecule has 10 heavy (non-hydrogen) atoms. The minimum absolute atomic E-state index is 0.0833. The SMILES string of the molecule is COCC1CSC=CC1=O. The predicted octanol–water partition coefficient (Wildman–Crippen LogP) is 1.08. The zero-order valence-corrected chi connectivity index (χ0v) is 6.69. The summed E-state index contributed by atoms with van der Waals surface area (Å²) in [5, 5.41) is 1.84. The van der Waals surface area contributed by atoms with Crippen LogP contribution < -0.4 is 0 Å². The summed E-state index contributed by atoms with van der Waals surface area (Å²) in [6, 6.07) is 0. The summed E-state index contributed by atoms with van der Waals surface area (Å²) in [6.45, 7) is 0.552. The Morgan fingerprint density at radius 1 is 1.90 bits per heavy atom. The van der Waals surface area contributed by atoms with Gasteiger partial charge in [-0.3, -0.25) is 4.79 Å². The van der Waals surface area contributed by atoms with Gasteiger partial charge < -0.3 is 4.74 Å². The highest BCUT2D eigenvalue weighted by Crippen LogP contribution is 2.17. The van der Waals surface area contributed by atoms with Crippen LogP contribution in [-0.2, 0) is 9.53 Å². The summed E-state index contributed by atoms with van der Waals surface area (Å²) in [7, 11) is 1.62.